The highest BCUT2D eigenvalue weighted by atomic mass is 32.1. The molecule has 32 heavy (non-hydrogen) atoms. The van der Waals surface area contributed by atoms with Crippen LogP contribution in [-0.2, 0) is 0 Å². The van der Waals surface area contributed by atoms with Gasteiger partial charge in [-0.2, -0.15) is 5.10 Å². The monoisotopic (exact) mass is 449 g/mol. The maximum absolute atomic E-state index is 12.5. The molecular formula is C24H23N3O4S. The van der Waals surface area contributed by atoms with E-state index in [1.165, 1.54) is 7.11 Å². The van der Waals surface area contributed by atoms with Gasteiger partial charge in [0.2, 0.25) is 0 Å². The Kier molecular flexibility index (Phi) is 8.16. The lowest BCUT2D eigenvalue weighted by Gasteiger charge is -2.10. The van der Waals surface area contributed by atoms with Gasteiger partial charge in [-0.1, -0.05) is 18.2 Å². The number of esters is 1. The molecule has 0 bridgehead atoms. The molecule has 0 atom stereocenters. The van der Waals surface area contributed by atoms with E-state index in [1.54, 1.807) is 48.7 Å². The van der Waals surface area contributed by atoms with E-state index in [2.05, 4.69) is 15.8 Å². The van der Waals surface area contributed by atoms with Crippen molar-refractivity contribution in [1.82, 2.24) is 5.43 Å². The highest BCUT2D eigenvalue weighted by Crippen LogP contribution is 2.28. The van der Waals surface area contributed by atoms with Crippen molar-refractivity contribution < 1.29 is 19.0 Å². The van der Waals surface area contributed by atoms with Crippen molar-refractivity contribution >= 4 is 35.2 Å². The van der Waals surface area contributed by atoms with Gasteiger partial charge in [-0.25, -0.2) is 4.79 Å². The molecule has 0 heterocycles. The Morgan fingerprint density at radius 2 is 1.78 bits per heavy atom. The Bertz CT molecular complexity index is 1090. The third-order valence-corrected chi connectivity index (χ3v) is 4.40. The van der Waals surface area contributed by atoms with Crippen molar-refractivity contribution in [3.05, 3.63) is 83.9 Å². The SMILES string of the molecule is CCOc1ccc(C(=O)Oc2ccc(C=NNC(=S)Nc3ccccc3)cc2OC)cc1. The van der Waals surface area contributed by atoms with Crippen LogP contribution < -0.4 is 25.0 Å². The molecule has 8 heteroatoms. The molecule has 0 fully saturated rings. The Labute approximate surface area is 192 Å². The number of nitrogens with one attached hydrogen (secondary N) is 2. The first kappa shape index (κ1) is 22.8. The van der Waals surface area contributed by atoms with Crippen LogP contribution in [0.4, 0.5) is 5.69 Å². The second-order valence-electron chi connectivity index (χ2n) is 6.45. The molecule has 0 saturated heterocycles. The van der Waals surface area contributed by atoms with Gasteiger partial charge in [0.1, 0.15) is 5.75 Å². The molecule has 0 radical (unpaired) electrons. The minimum absolute atomic E-state index is 0.303. The molecule has 0 saturated carbocycles. The van der Waals surface area contributed by atoms with Crippen LogP contribution >= 0.6 is 12.2 Å². The van der Waals surface area contributed by atoms with Gasteiger partial charge in [-0.15, -0.1) is 0 Å². The standard InChI is InChI=1S/C24H23N3O4S/c1-3-30-20-12-10-18(11-13-20)23(28)31-21-14-9-17(15-22(21)29-2)16-25-27-24(32)26-19-7-5-4-6-8-19/h4-16H,3H2,1-2H3,(H2,26,27,32). The van der Waals surface area contributed by atoms with Crippen LogP contribution in [0, 0.1) is 0 Å². The molecule has 0 aliphatic carbocycles. The largest absolute Gasteiger partial charge is 0.494 e. The lowest BCUT2D eigenvalue weighted by molar-refractivity contribution is 0.0729. The lowest BCUT2D eigenvalue weighted by Crippen LogP contribution is -2.23. The molecule has 0 aliphatic rings. The van der Waals surface area contributed by atoms with Crippen LogP contribution in [0.1, 0.15) is 22.8 Å². The Morgan fingerprint density at radius 1 is 1.03 bits per heavy atom. The topological polar surface area (TPSA) is 81.2 Å². The zero-order chi connectivity index (χ0) is 22.8. The molecule has 0 amide bonds. The molecule has 0 unspecified atom stereocenters. The smallest absolute Gasteiger partial charge is 0.343 e. The second kappa shape index (κ2) is 11.5. The van der Waals surface area contributed by atoms with Crippen molar-refractivity contribution in [2.24, 2.45) is 5.10 Å². The number of nitrogens with zero attached hydrogens (tertiary/aromatic N) is 1. The number of anilines is 1. The summed E-state index contributed by atoms with van der Waals surface area (Å²) in [4.78, 5) is 12.5. The van der Waals surface area contributed by atoms with Gasteiger partial charge in [0.25, 0.3) is 0 Å². The molecule has 164 valence electrons. The summed E-state index contributed by atoms with van der Waals surface area (Å²) in [6, 6.07) is 21.4. The maximum Gasteiger partial charge on any atom is 0.343 e. The average molecular weight is 450 g/mol. The third kappa shape index (κ3) is 6.55. The summed E-state index contributed by atoms with van der Waals surface area (Å²) < 4.78 is 16.2. The normalized spacial score (nSPS) is 10.4. The summed E-state index contributed by atoms with van der Waals surface area (Å²) in [5.41, 5.74) is 4.76. The number of hydrazone groups is 1. The van der Waals surface area contributed by atoms with Crippen LogP contribution in [0.15, 0.2) is 77.9 Å². The summed E-state index contributed by atoms with van der Waals surface area (Å²) in [6.07, 6.45) is 1.58. The molecule has 7 nitrogen and oxygen atoms in total. The molecule has 2 N–H and O–H groups in total. The van der Waals surface area contributed by atoms with Gasteiger partial charge in [-0.05, 0) is 79.3 Å². The van der Waals surface area contributed by atoms with Gasteiger partial charge < -0.3 is 19.5 Å². The van der Waals surface area contributed by atoms with E-state index in [9.17, 15) is 4.79 Å². The molecule has 3 aromatic rings. The summed E-state index contributed by atoms with van der Waals surface area (Å²) in [5, 5.41) is 7.51. The number of hydrogen-bond donors (Lipinski definition) is 2. The highest BCUT2D eigenvalue weighted by Gasteiger charge is 2.13. The fourth-order valence-electron chi connectivity index (χ4n) is 2.71. The van der Waals surface area contributed by atoms with Crippen LogP contribution in [0.25, 0.3) is 0 Å². The molecule has 3 aromatic carbocycles. The minimum Gasteiger partial charge on any atom is -0.494 e. The first-order chi connectivity index (χ1) is 15.6. The van der Waals surface area contributed by atoms with Crippen LogP contribution in [0.2, 0.25) is 0 Å². The Morgan fingerprint density at radius 3 is 2.47 bits per heavy atom. The van der Waals surface area contributed by atoms with Crippen molar-refractivity contribution in [2.75, 3.05) is 19.0 Å². The number of carbonyl (C=O) groups excluding carboxylic acids is 1. The zero-order valence-electron chi connectivity index (χ0n) is 17.7. The van der Waals surface area contributed by atoms with E-state index >= 15 is 0 Å². The van der Waals surface area contributed by atoms with Crippen molar-refractivity contribution in [1.29, 1.82) is 0 Å². The Balaban J connectivity index is 1.60. The number of thiocarbonyl (C=S) groups is 1. The average Bonchev–Trinajstić information content (AvgIpc) is 2.81. The highest BCUT2D eigenvalue weighted by molar-refractivity contribution is 7.80. The molecule has 3 rings (SSSR count). The van der Waals surface area contributed by atoms with Crippen molar-refractivity contribution in [3.8, 4) is 17.2 Å². The van der Waals surface area contributed by atoms with Gasteiger partial charge in [0.15, 0.2) is 16.6 Å². The summed E-state index contributed by atoms with van der Waals surface area (Å²) in [7, 11) is 1.50. The first-order valence-electron chi connectivity index (χ1n) is 9.87. The van der Waals surface area contributed by atoms with Crippen LogP contribution in [-0.4, -0.2) is 31.0 Å². The number of methoxy groups -OCH3 is 1. The molecule has 0 aliphatic heterocycles. The number of ether oxygens (including phenoxy) is 3. The number of benzene rings is 3. The predicted octanol–water partition coefficient (Wildman–Crippen LogP) is 4.63. The fourth-order valence-corrected chi connectivity index (χ4v) is 2.88. The second-order valence-corrected chi connectivity index (χ2v) is 6.86. The fraction of sp³-hybridized carbons (Fsp3) is 0.125. The molecule has 0 aromatic heterocycles. The number of rotatable bonds is 8. The van der Waals surface area contributed by atoms with E-state index in [-0.39, 0.29) is 0 Å². The van der Waals surface area contributed by atoms with E-state index in [0.29, 0.717) is 34.5 Å². The van der Waals surface area contributed by atoms with Gasteiger partial charge in [0.05, 0.1) is 25.5 Å². The lowest BCUT2D eigenvalue weighted by atomic mass is 10.2. The van der Waals surface area contributed by atoms with Crippen molar-refractivity contribution in [2.45, 2.75) is 6.92 Å². The van der Waals surface area contributed by atoms with E-state index in [0.717, 1.165) is 11.3 Å². The first-order valence-corrected chi connectivity index (χ1v) is 10.3. The predicted molar refractivity (Wildman–Crippen MR) is 129 cm³/mol. The zero-order valence-corrected chi connectivity index (χ0v) is 18.5. The number of carbonyl (C=O) groups is 1. The quantitative estimate of drug-likeness (QED) is 0.171. The van der Waals surface area contributed by atoms with Crippen LogP contribution in [0.3, 0.4) is 0 Å². The van der Waals surface area contributed by atoms with Gasteiger partial charge in [-0.3, -0.25) is 5.43 Å². The maximum atomic E-state index is 12.5. The van der Waals surface area contributed by atoms with Gasteiger partial charge in [0, 0.05) is 5.69 Å². The Hall–Kier alpha value is -3.91. The summed E-state index contributed by atoms with van der Waals surface area (Å²) >= 11 is 5.21. The number of para-hydroxylation sites is 1. The van der Waals surface area contributed by atoms with E-state index in [4.69, 9.17) is 26.4 Å². The summed E-state index contributed by atoms with van der Waals surface area (Å²) in [5.74, 6) is 0.903. The summed E-state index contributed by atoms with van der Waals surface area (Å²) in [6.45, 7) is 2.45. The third-order valence-electron chi connectivity index (χ3n) is 4.20. The van der Waals surface area contributed by atoms with Crippen LogP contribution in [0.5, 0.6) is 17.2 Å². The van der Waals surface area contributed by atoms with Gasteiger partial charge >= 0.3 is 5.97 Å². The molecular weight excluding hydrogens is 426 g/mol. The van der Waals surface area contributed by atoms with E-state index in [1.807, 2.05) is 37.3 Å². The van der Waals surface area contributed by atoms with Crippen molar-refractivity contribution in [3.63, 3.8) is 0 Å². The number of hydrogen-bond acceptors (Lipinski definition) is 6. The minimum atomic E-state index is -0.494. The van der Waals surface area contributed by atoms with E-state index < -0.39 is 5.97 Å². The molecule has 0 spiro atoms.